The van der Waals surface area contributed by atoms with E-state index < -0.39 is 0 Å². The number of carbonyl (C=O) groups excluding carboxylic acids is 1. The van der Waals surface area contributed by atoms with Crippen LogP contribution >= 0.6 is 11.3 Å². The number of rotatable bonds is 4. The molecule has 0 radical (unpaired) electrons. The van der Waals surface area contributed by atoms with Crippen molar-refractivity contribution in [3.05, 3.63) is 53.2 Å². The van der Waals surface area contributed by atoms with Crippen molar-refractivity contribution in [3.8, 4) is 11.3 Å². The van der Waals surface area contributed by atoms with Crippen LogP contribution in [0.4, 0.5) is 11.1 Å². The maximum Gasteiger partial charge on any atom is 0.231 e. The molecule has 2 aromatic heterocycles. The highest BCUT2D eigenvalue weighted by Crippen LogP contribution is 2.29. The summed E-state index contributed by atoms with van der Waals surface area (Å²) in [6.07, 6.45) is 5.28. The summed E-state index contributed by atoms with van der Waals surface area (Å²) < 4.78 is 0. The summed E-state index contributed by atoms with van der Waals surface area (Å²) in [6.45, 7) is 5.67. The first-order chi connectivity index (χ1) is 13.6. The van der Waals surface area contributed by atoms with Crippen LogP contribution in [0.5, 0.6) is 0 Å². The van der Waals surface area contributed by atoms with Gasteiger partial charge >= 0.3 is 0 Å². The number of hydrogen-bond acceptors (Lipinski definition) is 6. The summed E-state index contributed by atoms with van der Waals surface area (Å²) in [7, 11) is 0. The lowest BCUT2D eigenvalue weighted by Crippen LogP contribution is -2.41. The van der Waals surface area contributed by atoms with Crippen molar-refractivity contribution in [3.63, 3.8) is 0 Å². The molecule has 1 atom stereocenters. The molecule has 1 aliphatic rings. The molecular weight excluding hydrogens is 370 g/mol. The third-order valence-electron chi connectivity index (χ3n) is 5.02. The summed E-state index contributed by atoms with van der Waals surface area (Å²) in [5.41, 5.74) is 4.43. The van der Waals surface area contributed by atoms with Crippen molar-refractivity contribution < 1.29 is 4.79 Å². The van der Waals surface area contributed by atoms with Crippen LogP contribution in [0.25, 0.3) is 11.3 Å². The van der Waals surface area contributed by atoms with Crippen molar-refractivity contribution in [1.82, 2.24) is 15.0 Å². The minimum atomic E-state index is -0.0917. The number of aromatic nitrogens is 3. The molecule has 1 aromatic carbocycles. The second-order valence-corrected chi connectivity index (χ2v) is 8.04. The van der Waals surface area contributed by atoms with Gasteiger partial charge in [0.25, 0.3) is 0 Å². The molecule has 144 valence electrons. The van der Waals surface area contributed by atoms with Gasteiger partial charge in [0, 0.05) is 36.4 Å². The van der Waals surface area contributed by atoms with Gasteiger partial charge in [0.15, 0.2) is 5.13 Å². The highest BCUT2D eigenvalue weighted by atomic mass is 32.1. The molecule has 1 amide bonds. The summed E-state index contributed by atoms with van der Waals surface area (Å²) in [5.74, 6) is 0.611. The van der Waals surface area contributed by atoms with Gasteiger partial charge in [-0.25, -0.2) is 15.0 Å². The number of hydrogen-bond donors (Lipinski definition) is 1. The second-order valence-electron chi connectivity index (χ2n) is 7.18. The van der Waals surface area contributed by atoms with Gasteiger partial charge < -0.3 is 10.2 Å². The number of nitrogens with one attached hydrogen (secondary N) is 1. The number of piperidine rings is 1. The Bertz CT molecular complexity index is 972. The van der Waals surface area contributed by atoms with Gasteiger partial charge in [-0.2, -0.15) is 0 Å². The molecule has 3 aromatic rings. The van der Waals surface area contributed by atoms with Crippen LogP contribution in [0, 0.1) is 19.8 Å². The number of amides is 1. The lowest BCUT2D eigenvalue weighted by Gasteiger charge is -2.31. The molecule has 7 heteroatoms. The Morgan fingerprint density at radius 1 is 1.25 bits per heavy atom. The van der Waals surface area contributed by atoms with E-state index in [4.69, 9.17) is 0 Å². The largest absolute Gasteiger partial charge is 0.340 e. The van der Waals surface area contributed by atoms with E-state index >= 15 is 0 Å². The Labute approximate surface area is 168 Å². The minimum absolute atomic E-state index is 0.0159. The normalized spacial score (nSPS) is 16.8. The van der Waals surface area contributed by atoms with Gasteiger partial charge in [-0.3, -0.25) is 4.79 Å². The Kier molecular flexibility index (Phi) is 5.34. The van der Waals surface area contributed by atoms with Gasteiger partial charge in [-0.15, -0.1) is 11.3 Å². The maximum absolute atomic E-state index is 12.8. The fourth-order valence-electron chi connectivity index (χ4n) is 3.59. The van der Waals surface area contributed by atoms with Crippen molar-refractivity contribution in [1.29, 1.82) is 0 Å². The highest BCUT2D eigenvalue weighted by Gasteiger charge is 2.27. The topological polar surface area (TPSA) is 71.0 Å². The van der Waals surface area contributed by atoms with Crippen molar-refractivity contribution in [2.75, 3.05) is 23.3 Å². The molecule has 0 aliphatic carbocycles. The number of aryl methyl sites for hydroxylation is 2. The first kappa shape index (κ1) is 18.6. The maximum atomic E-state index is 12.8. The van der Waals surface area contributed by atoms with Gasteiger partial charge in [0.05, 0.1) is 11.6 Å². The van der Waals surface area contributed by atoms with Crippen LogP contribution < -0.4 is 10.2 Å². The SMILES string of the molecule is Cc1ccc(-c2csc(NC(=O)C3CCCN(c4ncccn4)C3)n2)c(C)c1. The smallest absolute Gasteiger partial charge is 0.231 e. The van der Waals surface area contributed by atoms with Gasteiger partial charge in [0.2, 0.25) is 11.9 Å². The highest BCUT2D eigenvalue weighted by molar-refractivity contribution is 7.14. The van der Waals surface area contributed by atoms with Crippen molar-refractivity contribution in [2.24, 2.45) is 5.92 Å². The average molecular weight is 394 g/mol. The monoisotopic (exact) mass is 393 g/mol. The quantitative estimate of drug-likeness (QED) is 0.723. The van der Waals surface area contributed by atoms with E-state index in [0.717, 1.165) is 30.6 Å². The first-order valence-corrected chi connectivity index (χ1v) is 10.3. The number of thiazole rings is 1. The molecule has 1 fully saturated rings. The number of carbonyl (C=O) groups is 1. The number of benzene rings is 1. The van der Waals surface area contributed by atoms with E-state index in [0.29, 0.717) is 17.6 Å². The molecule has 0 spiro atoms. The zero-order valence-electron chi connectivity index (χ0n) is 16.1. The summed E-state index contributed by atoms with van der Waals surface area (Å²) >= 11 is 1.47. The number of anilines is 2. The summed E-state index contributed by atoms with van der Waals surface area (Å²) in [5, 5.41) is 5.65. The molecule has 0 bridgehead atoms. The van der Waals surface area contributed by atoms with Crippen LogP contribution in [0.1, 0.15) is 24.0 Å². The molecule has 0 saturated carbocycles. The Morgan fingerprint density at radius 2 is 2.07 bits per heavy atom. The molecule has 1 unspecified atom stereocenters. The van der Waals surface area contributed by atoms with Crippen LogP contribution in [0.2, 0.25) is 0 Å². The van der Waals surface area contributed by atoms with E-state index in [2.05, 4.69) is 57.2 Å². The van der Waals surface area contributed by atoms with Crippen LogP contribution in [0.3, 0.4) is 0 Å². The van der Waals surface area contributed by atoms with E-state index in [9.17, 15) is 4.79 Å². The summed E-state index contributed by atoms with van der Waals surface area (Å²) in [4.78, 5) is 28.1. The second kappa shape index (κ2) is 8.06. The fraction of sp³-hybridized carbons (Fsp3) is 0.333. The molecule has 3 heterocycles. The zero-order chi connectivity index (χ0) is 19.5. The Morgan fingerprint density at radius 3 is 2.86 bits per heavy atom. The number of nitrogens with zero attached hydrogens (tertiary/aromatic N) is 4. The molecule has 1 saturated heterocycles. The van der Waals surface area contributed by atoms with E-state index in [1.165, 1.54) is 22.5 Å². The Balaban J connectivity index is 1.43. The molecular formula is C21H23N5OS. The minimum Gasteiger partial charge on any atom is -0.340 e. The van der Waals surface area contributed by atoms with E-state index in [-0.39, 0.29) is 11.8 Å². The first-order valence-electron chi connectivity index (χ1n) is 9.46. The Hall–Kier alpha value is -2.80. The van der Waals surface area contributed by atoms with Crippen molar-refractivity contribution in [2.45, 2.75) is 26.7 Å². The molecule has 6 nitrogen and oxygen atoms in total. The predicted octanol–water partition coefficient (Wildman–Crippen LogP) is 4.07. The van der Waals surface area contributed by atoms with E-state index in [1.807, 2.05) is 5.38 Å². The molecule has 4 rings (SSSR count). The van der Waals surface area contributed by atoms with Crippen LogP contribution in [-0.4, -0.2) is 33.9 Å². The third kappa shape index (κ3) is 4.04. The standard InChI is InChI=1S/C21H23N5OS/c1-14-6-7-17(15(2)11-14)18-13-28-21(24-18)25-19(27)16-5-3-10-26(12-16)20-22-8-4-9-23-20/h4,6-9,11,13,16H,3,5,10,12H2,1-2H3,(H,24,25,27). The molecule has 1 aliphatic heterocycles. The van der Waals surface area contributed by atoms with Gasteiger partial charge in [-0.1, -0.05) is 23.8 Å². The van der Waals surface area contributed by atoms with Crippen molar-refractivity contribution >= 4 is 28.3 Å². The fourth-order valence-corrected chi connectivity index (χ4v) is 4.30. The lowest BCUT2D eigenvalue weighted by molar-refractivity contribution is -0.120. The lowest BCUT2D eigenvalue weighted by atomic mass is 9.97. The molecule has 1 N–H and O–H groups in total. The zero-order valence-corrected chi connectivity index (χ0v) is 16.9. The van der Waals surface area contributed by atoms with E-state index in [1.54, 1.807) is 18.5 Å². The van der Waals surface area contributed by atoms with Crippen LogP contribution in [-0.2, 0) is 4.79 Å². The van der Waals surface area contributed by atoms with Gasteiger partial charge in [0.1, 0.15) is 0 Å². The van der Waals surface area contributed by atoms with Gasteiger partial charge in [-0.05, 0) is 38.3 Å². The predicted molar refractivity (Wildman–Crippen MR) is 113 cm³/mol. The van der Waals surface area contributed by atoms with Crippen LogP contribution in [0.15, 0.2) is 42.0 Å². The third-order valence-corrected chi connectivity index (χ3v) is 5.78. The summed E-state index contributed by atoms with van der Waals surface area (Å²) in [6, 6.07) is 8.12. The molecule has 28 heavy (non-hydrogen) atoms. The average Bonchev–Trinajstić information content (AvgIpc) is 3.17.